The van der Waals surface area contributed by atoms with E-state index >= 15 is 0 Å². The summed E-state index contributed by atoms with van der Waals surface area (Å²) in [5.41, 5.74) is 4.20. The van der Waals surface area contributed by atoms with Gasteiger partial charge in [-0.2, -0.15) is 0 Å². The van der Waals surface area contributed by atoms with Crippen molar-refractivity contribution in [1.29, 1.82) is 0 Å². The topological polar surface area (TPSA) is 42.0 Å². The van der Waals surface area contributed by atoms with Crippen LogP contribution in [0.3, 0.4) is 0 Å². The first-order valence-electron chi connectivity index (χ1n) is 6.45. The number of carbonyl (C=O) groups is 1. The Morgan fingerprint density at radius 1 is 1.20 bits per heavy atom. The maximum atomic E-state index is 12.1. The molecule has 0 saturated carbocycles. The summed E-state index contributed by atoms with van der Waals surface area (Å²) >= 11 is 3.39. The van der Waals surface area contributed by atoms with E-state index in [9.17, 15) is 4.79 Å². The van der Waals surface area contributed by atoms with Crippen LogP contribution in [0.2, 0.25) is 0 Å². The Labute approximate surface area is 127 Å². The fraction of sp³-hybridized carbons (Fsp3) is 0.250. The van der Waals surface area contributed by atoms with E-state index in [1.165, 1.54) is 0 Å². The summed E-state index contributed by atoms with van der Waals surface area (Å²) in [7, 11) is 0. The van der Waals surface area contributed by atoms with Gasteiger partial charge in [0.2, 0.25) is 5.91 Å². The molecule has 0 aliphatic rings. The highest BCUT2D eigenvalue weighted by atomic mass is 79.9. The fourth-order valence-electron chi connectivity index (χ4n) is 1.96. The zero-order chi connectivity index (χ0) is 14.7. The third-order valence-corrected chi connectivity index (χ3v) is 3.98. The van der Waals surface area contributed by atoms with Crippen LogP contribution in [0.5, 0.6) is 0 Å². The van der Waals surface area contributed by atoms with Crippen molar-refractivity contribution in [3.8, 4) is 0 Å². The smallest absolute Gasteiger partial charge is 0.229 e. The van der Waals surface area contributed by atoms with Crippen molar-refractivity contribution in [2.75, 3.05) is 5.32 Å². The summed E-state index contributed by atoms with van der Waals surface area (Å²) in [6, 6.07) is 9.82. The largest absolute Gasteiger partial charge is 0.310 e. The van der Waals surface area contributed by atoms with Crippen LogP contribution < -0.4 is 5.32 Å². The van der Waals surface area contributed by atoms with Gasteiger partial charge in [-0.1, -0.05) is 23.8 Å². The van der Waals surface area contributed by atoms with Gasteiger partial charge in [-0.3, -0.25) is 4.79 Å². The second-order valence-electron chi connectivity index (χ2n) is 4.92. The molecule has 1 N–H and O–H groups in total. The number of aryl methyl sites for hydroxylation is 3. The maximum absolute atomic E-state index is 12.1. The molecule has 0 aliphatic heterocycles. The SMILES string of the molecule is Cc1ccc(C)c(CC(=O)Nc2ccc(Br)c(C)n2)c1. The molecule has 1 heterocycles. The Morgan fingerprint density at radius 3 is 2.65 bits per heavy atom. The van der Waals surface area contributed by atoms with E-state index in [1.807, 2.05) is 32.9 Å². The molecular weight excluding hydrogens is 316 g/mol. The number of carbonyl (C=O) groups excluding carboxylic acids is 1. The van der Waals surface area contributed by atoms with Crippen LogP contribution in [0.4, 0.5) is 5.82 Å². The van der Waals surface area contributed by atoms with Crippen molar-refractivity contribution in [3.05, 3.63) is 57.2 Å². The van der Waals surface area contributed by atoms with Gasteiger partial charge >= 0.3 is 0 Å². The van der Waals surface area contributed by atoms with Crippen LogP contribution in [0.15, 0.2) is 34.8 Å². The predicted octanol–water partition coefficient (Wildman–Crippen LogP) is 3.95. The third-order valence-electron chi connectivity index (χ3n) is 3.14. The van der Waals surface area contributed by atoms with E-state index in [0.717, 1.165) is 26.9 Å². The number of hydrogen-bond donors (Lipinski definition) is 1. The lowest BCUT2D eigenvalue weighted by Gasteiger charge is -2.09. The molecule has 20 heavy (non-hydrogen) atoms. The zero-order valence-electron chi connectivity index (χ0n) is 11.8. The molecule has 0 saturated heterocycles. The lowest BCUT2D eigenvalue weighted by molar-refractivity contribution is -0.115. The first-order valence-corrected chi connectivity index (χ1v) is 7.24. The Bertz CT molecular complexity index is 653. The van der Waals surface area contributed by atoms with Gasteiger partial charge in [-0.05, 0) is 60.0 Å². The standard InChI is InChI=1S/C16H17BrN2O/c1-10-4-5-11(2)13(8-10)9-16(20)19-15-7-6-14(17)12(3)18-15/h4-8H,9H2,1-3H3,(H,18,19,20). The molecule has 104 valence electrons. The number of pyridine rings is 1. The molecule has 0 unspecified atom stereocenters. The molecule has 2 rings (SSSR count). The highest BCUT2D eigenvalue weighted by molar-refractivity contribution is 9.10. The summed E-state index contributed by atoms with van der Waals surface area (Å²) < 4.78 is 0.935. The minimum absolute atomic E-state index is 0.0482. The molecule has 0 aliphatic carbocycles. The summed E-state index contributed by atoms with van der Waals surface area (Å²) in [4.78, 5) is 16.4. The molecule has 3 nitrogen and oxygen atoms in total. The fourth-order valence-corrected chi connectivity index (χ4v) is 2.19. The Hall–Kier alpha value is -1.68. The van der Waals surface area contributed by atoms with Crippen molar-refractivity contribution in [2.24, 2.45) is 0 Å². The molecule has 2 aromatic rings. The van der Waals surface area contributed by atoms with Crippen molar-refractivity contribution in [3.63, 3.8) is 0 Å². The second-order valence-corrected chi connectivity index (χ2v) is 5.77. The first kappa shape index (κ1) is 14.7. The number of nitrogens with one attached hydrogen (secondary N) is 1. The molecule has 0 bridgehead atoms. The number of halogens is 1. The lowest BCUT2D eigenvalue weighted by atomic mass is 10.0. The van der Waals surface area contributed by atoms with Crippen molar-refractivity contribution in [2.45, 2.75) is 27.2 Å². The maximum Gasteiger partial charge on any atom is 0.229 e. The average molecular weight is 333 g/mol. The summed E-state index contributed by atoms with van der Waals surface area (Å²) in [6.07, 6.45) is 0.365. The molecule has 1 aromatic heterocycles. The minimum Gasteiger partial charge on any atom is -0.310 e. The van der Waals surface area contributed by atoms with Crippen LogP contribution in [-0.4, -0.2) is 10.9 Å². The van der Waals surface area contributed by atoms with Gasteiger partial charge in [0.25, 0.3) is 0 Å². The van der Waals surface area contributed by atoms with Gasteiger partial charge in [-0.25, -0.2) is 4.98 Å². The van der Waals surface area contributed by atoms with E-state index < -0.39 is 0 Å². The van der Waals surface area contributed by atoms with E-state index in [2.05, 4.69) is 38.4 Å². The van der Waals surface area contributed by atoms with Crippen LogP contribution in [0.25, 0.3) is 0 Å². The number of nitrogens with zero attached hydrogens (tertiary/aromatic N) is 1. The lowest BCUT2D eigenvalue weighted by Crippen LogP contribution is -2.16. The monoisotopic (exact) mass is 332 g/mol. The molecule has 4 heteroatoms. The van der Waals surface area contributed by atoms with Crippen molar-refractivity contribution < 1.29 is 4.79 Å². The Morgan fingerprint density at radius 2 is 1.95 bits per heavy atom. The summed E-state index contributed by atoms with van der Waals surface area (Å²) in [5, 5.41) is 2.83. The van der Waals surface area contributed by atoms with E-state index in [0.29, 0.717) is 12.2 Å². The van der Waals surface area contributed by atoms with Gasteiger partial charge in [0.15, 0.2) is 0 Å². The average Bonchev–Trinajstić information content (AvgIpc) is 2.38. The number of hydrogen-bond acceptors (Lipinski definition) is 2. The number of aromatic nitrogens is 1. The number of anilines is 1. The third kappa shape index (κ3) is 3.67. The van der Waals surface area contributed by atoms with Gasteiger partial charge in [0.05, 0.1) is 12.1 Å². The number of rotatable bonds is 3. The minimum atomic E-state index is -0.0482. The van der Waals surface area contributed by atoms with Crippen molar-refractivity contribution >= 4 is 27.7 Å². The summed E-state index contributed by atoms with van der Waals surface area (Å²) in [6.45, 7) is 5.94. The van der Waals surface area contributed by atoms with E-state index in [4.69, 9.17) is 0 Å². The highest BCUT2D eigenvalue weighted by Crippen LogP contribution is 2.17. The van der Waals surface area contributed by atoms with Crippen LogP contribution in [0.1, 0.15) is 22.4 Å². The molecule has 0 radical (unpaired) electrons. The van der Waals surface area contributed by atoms with Crippen LogP contribution in [-0.2, 0) is 11.2 Å². The first-order chi connectivity index (χ1) is 9.45. The van der Waals surface area contributed by atoms with Crippen LogP contribution >= 0.6 is 15.9 Å². The molecule has 0 atom stereocenters. The Balaban J connectivity index is 2.09. The number of benzene rings is 1. The van der Waals surface area contributed by atoms with Crippen LogP contribution in [0, 0.1) is 20.8 Å². The molecule has 0 fully saturated rings. The quantitative estimate of drug-likeness (QED) is 0.924. The van der Waals surface area contributed by atoms with Crippen molar-refractivity contribution in [1.82, 2.24) is 4.98 Å². The predicted molar refractivity (Wildman–Crippen MR) is 84.9 cm³/mol. The van der Waals surface area contributed by atoms with Gasteiger partial charge in [0, 0.05) is 4.47 Å². The molecule has 1 aromatic carbocycles. The van der Waals surface area contributed by atoms with E-state index in [-0.39, 0.29) is 5.91 Å². The Kier molecular flexibility index (Phi) is 4.55. The zero-order valence-corrected chi connectivity index (χ0v) is 13.4. The van der Waals surface area contributed by atoms with Gasteiger partial charge in [-0.15, -0.1) is 0 Å². The van der Waals surface area contributed by atoms with Gasteiger partial charge < -0.3 is 5.32 Å². The normalized spacial score (nSPS) is 10.4. The van der Waals surface area contributed by atoms with Gasteiger partial charge in [0.1, 0.15) is 5.82 Å². The molecular formula is C16H17BrN2O. The highest BCUT2D eigenvalue weighted by Gasteiger charge is 2.08. The number of amides is 1. The molecule has 1 amide bonds. The second kappa shape index (κ2) is 6.18. The van der Waals surface area contributed by atoms with E-state index in [1.54, 1.807) is 6.07 Å². The molecule has 0 spiro atoms. The summed E-state index contributed by atoms with van der Waals surface area (Å²) in [5.74, 6) is 0.536.